The second-order valence-corrected chi connectivity index (χ2v) is 8.10. The second-order valence-electron chi connectivity index (χ2n) is 8.10. The Hall–Kier alpha value is -2.62. The van der Waals surface area contributed by atoms with E-state index in [4.69, 9.17) is 0 Å². The molecule has 0 saturated carbocycles. The summed E-state index contributed by atoms with van der Waals surface area (Å²) in [7, 11) is 1.79. The molecular weight excluding hydrogens is 324 g/mol. The molecule has 1 aliphatic rings. The molecule has 1 aliphatic heterocycles. The van der Waals surface area contributed by atoms with E-state index in [9.17, 15) is 9.59 Å². The number of hydrogen-bond donors (Lipinski definition) is 1. The molecule has 136 valence electrons. The molecule has 0 bridgehead atoms. The van der Waals surface area contributed by atoms with Gasteiger partial charge in [0.25, 0.3) is 0 Å². The summed E-state index contributed by atoms with van der Waals surface area (Å²) in [5.74, 6) is -0.126. The van der Waals surface area contributed by atoms with E-state index in [1.165, 1.54) is 0 Å². The average Bonchev–Trinajstić information content (AvgIpc) is 2.77. The lowest BCUT2D eigenvalue weighted by molar-refractivity contribution is -0.130. The first kappa shape index (κ1) is 18.2. The van der Waals surface area contributed by atoms with E-state index in [2.05, 4.69) is 5.32 Å². The van der Waals surface area contributed by atoms with Gasteiger partial charge in [-0.3, -0.25) is 9.59 Å². The fourth-order valence-corrected chi connectivity index (χ4v) is 3.80. The van der Waals surface area contributed by atoms with Crippen molar-refractivity contribution < 1.29 is 9.59 Å². The van der Waals surface area contributed by atoms with E-state index in [1.807, 2.05) is 75.4 Å². The Balaban J connectivity index is 2.05. The third-order valence-electron chi connectivity index (χ3n) is 4.82. The van der Waals surface area contributed by atoms with Crippen LogP contribution < -0.4 is 10.2 Å². The van der Waals surface area contributed by atoms with Crippen molar-refractivity contribution in [1.29, 1.82) is 0 Å². The summed E-state index contributed by atoms with van der Waals surface area (Å²) in [5.41, 5.74) is 1.66. The van der Waals surface area contributed by atoms with Crippen LogP contribution in [0.1, 0.15) is 38.3 Å². The highest BCUT2D eigenvalue weighted by Gasteiger charge is 2.50. The summed E-state index contributed by atoms with van der Waals surface area (Å²) in [6.45, 7) is 5.85. The van der Waals surface area contributed by atoms with Crippen molar-refractivity contribution in [1.82, 2.24) is 5.32 Å². The fourth-order valence-electron chi connectivity index (χ4n) is 3.80. The molecule has 0 fully saturated rings. The van der Waals surface area contributed by atoms with E-state index in [0.717, 1.165) is 16.8 Å². The topological polar surface area (TPSA) is 49.4 Å². The van der Waals surface area contributed by atoms with Crippen molar-refractivity contribution in [2.45, 2.75) is 44.6 Å². The number of nitrogens with zero attached hydrogens (tertiary/aromatic N) is 1. The smallest absolute Gasteiger partial charge is 0.238 e. The zero-order chi connectivity index (χ0) is 18.9. The Morgan fingerprint density at radius 3 is 2.31 bits per heavy atom. The van der Waals surface area contributed by atoms with Crippen molar-refractivity contribution >= 4 is 17.5 Å². The number of nitrogens with one attached hydrogen (secondary N) is 1. The van der Waals surface area contributed by atoms with Crippen LogP contribution in [-0.2, 0) is 21.4 Å². The molecule has 26 heavy (non-hydrogen) atoms. The minimum atomic E-state index is -0.873. The first-order valence-electron chi connectivity index (χ1n) is 8.95. The maximum atomic E-state index is 13.3. The maximum absolute atomic E-state index is 13.3. The van der Waals surface area contributed by atoms with Gasteiger partial charge in [0, 0.05) is 24.7 Å². The molecule has 0 radical (unpaired) electrons. The minimum absolute atomic E-state index is 0.0217. The molecule has 4 heteroatoms. The van der Waals surface area contributed by atoms with Crippen LogP contribution >= 0.6 is 0 Å². The number of likely N-dealkylation sites (N-methyl/N-ethyl adjacent to an activating group) is 1. The number of para-hydroxylation sites is 1. The Morgan fingerprint density at radius 2 is 1.65 bits per heavy atom. The van der Waals surface area contributed by atoms with Crippen LogP contribution in [0.2, 0.25) is 0 Å². The molecule has 3 rings (SSSR count). The molecule has 4 nitrogen and oxygen atoms in total. The average molecular weight is 350 g/mol. The molecule has 0 aliphatic carbocycles. The number of benzene rings is 2. The number of anilines is 1. The van der Waals surface area contributed by atoms with Gasteiger partial charge < -0.3 is 10.2 Å². The summed E-state index contributed by atoms with van der Waals surface area (Å²) < 4.78 is 0. The lowest BCUT2D eigenvalue weighted by Crippen LogP contribution is -2.48. The van der Waals surface area contributed by atoms with Crippen LogP contribution in [0.25, 0.3) is 0 Å². The summed E-state index contributed by atoms with van der Waals surface area (Å²) >= 11 is 0. The van der Waals surface area contributed by atoms with Gasteiger partial charge in [-0.05, 0) is 44.4 Å². The summed E-state index contributed by atoms with van der Waals surface area (Å²) in [6, 6.07) is 17.7. The van der Waals surface area contributed by atoms with Gasteiger partial charge in [0.15, 0.2) is 0 Å². The minimum Gasteiger partial charge on any atom is -0.351 e. The van der Waals surface area contributed by atoms with Gasteiger partial charge in [-0.1, -0.05) is 48.5 Å². The molecule has 2 amide bonds. The molecule has 2 aromatic carbocycles. The van der Waals surface area contributed by atoms with Gasteiger partial charge in [0.1, 0.15) is 0 Å². The van der Waals surface area contributed by atoms with E-state index < -0.39 is 5.41 Å². The van der Waals surface area contributed by atoms with Crippen molar-refractivity contribution in [3.8, 4) is 0 Å². The zero-order valence-corrected chi connectivity index (χ0v) is 15.9. The summed E-state index contributed by atoms with van der Waals surface area (Å²) in [4.78, 5) is 27.8. The highest BCUT2D eigenvalue weighted by atomic mass is 16.2. The summed E-state index contributed by atoms with van der Waals surface area (Å²) in [5, 5.41) is 3.01. The first-order valence-corrected chi connectivity index (χ1v) is 8.95. The third kappa shape index (κ3) is 3.36. The lowest BCUT2D eigenvalue weighted by Gasteiger charge is -2.30. The predicted molar refractivity (Wildman–Crippen MR) is 104 cm³/mol. The highest BCUT2D eigenvalue weighted by Crippen LogP contribution is 2.45. The summed E-state index contributed by atoms with van der Waals surface area (Å²) in [6.07, 6.45) is 0.644. The predicted octanol–water partition coefficient (Wildman–Crippen LogP) is 3.45. The molecule has 0 unspecified atom stereocenters. The van der Waals surface area contributed by atoms with Crippen LogP contribution in [0.4, 0.5) is 5.69 Å². The van der Waals surface area contributed by atoms with E-state index in [0.29, 0.717) is 6.42 Å². The second kappa shape index (κ2) is 6.60. The lowest BCUT2D eigenvalue weighted by atomic mass is 9.73. The number of rotatable bonds is 4. The maximum Gasteiger partial charge on any atom is 0.238 e. The van der Waals surface area contributed by atoms with Gasteiger partial charge in [-0.2, -0.15) is 0 Å². The number of carbonyl (C=O) groups excluding carboxylic acids is 2. The Kier molecular flexibility index (Phi) is 4.61. The quantitative estimate of drug-likeness (QED) is 0.918. The Bertz CT molecular complexity index is 824. The molecule has 2 aromatic rings. The van der Waals surface area contributed by atoms with Crippen molar-refractivity contribution in [2.24, 2.45) is 0 Å². The molecule has 1 atom stereocenters. The van der Waals surface area contributed by atoms with Crippen molar-refractivity contribution in [2.75, 3.05) is 11.9 Å². The zero-order valence-electron chi connectivity index (χ0n) is 15.9. The van der Waals surface area contributed by atoms with E-state index in [-0.39, 0.29) is 23.8 Å². The molecule has 0 saturated heterocycles. The van der Waals surface area contributed by atoms with Crippen molar-refractivity contribution in [3.63, 3.8) is 0 Å². The van der Waals surface area contributed by atoms with Gasteiger partial charge >= 0.3 is 0 Å². The SMILES string of the molecule is CN1C(=O)[C@](CC(=O)NC(C)(C)C)(Cc2ccccc2)c2ccccc21. The standard InChI is InChI=1S/C22H26N2O2/c1-21(2,3)23-19(25)15-22(14-16-10-6-5-7-11-16)17-12-8-9-13-18(17)24(4)20(22)26/h5-13H,14-15H2,1-4H3,(H,23,25)/t22-/m0/s1. The molecule has 1 heterocycles. The van der Waals surface area contributed by atoms with Crippen LogP contribution in [0, 0.1) is 0 Å². The monoisotopic (exact) mass is 350 g/mol. The largest absolute Gasteiger partial charge is 0.351 e. The van der Waals surface area contributed by atoms with Gasteiger partial charge in [0.05, 0.1) is 5.41 Å². The van der Waals surface area contributed by atoms with Crippen LogP contribution in [0.3, 0.4) is 0 Å². The van der Waals surface area contributed by atoms with Crippen LogP contribution in [0.15, 0.2) is 54.6 Å². The number of carbonyl (C=O) groups is 2. The Labute approximate surface area is 155 Å². The van der Waals surface area contributed by atoms with Crippen LogP contribution in [-0.4, -0.2) is 24.4 Å². The molecule has 1 N–H and O–H groups in total. The number of fused-ring (bicyclic) bond motifs is 1. The van der Waals surface area contributed by atoms with Crippen molar-refractivity contribution in [3.05, 3.63) is 65.7 Å². The highest BCUT2D eigenvalue weighted by molar-refractivity contribution is 6.10. The van der Waals surface area contributed by atoms with E-state index in [1.54, 1.807) is 11.9 Å². The normalized spacial score (nSPS) is 19.4. The molecule has 0 spiro atoms. The van der Waals surface area contributed by atoms with Gasteiger partial charge in [-0.15, -0.1) is 0 Å². The Morgan fingerprint density at radius 1 is 1.04 bits per heavy atom. The van der Waals surface area contributed by atoms with Gasteiger partial charge in [0.2, 0.25) is 11.8 Å². The van der Waals surface area contributed by atoms with Gasteiger partial charge in [-0.25, -0.2) is 0 Å². The van der Waals surface area contributed by atoms with Crippen LogP contribution in [0.5, 0.6) is 0 Å². The fraction of sp³-hybridized carbons (Fsp3) is 0.364. The molecule has 0 aromatic heterocycles. The number of hydrogen-bond acceptors (Lipinski definition) is 2. The first-order chi connectivity index (χ1) is 12.2. The number of amides is 2. The van der Waals surface area contributed by atoms with E-state index >= 15 is 0 Å². The molecular formula is C22H26N2O2. The third-order valence-corrected chi connectivity index (χ3v) is 4.82.